The Morgan fingerprint density at radius 1 is 0.906 bits per heavy atom. The molecule has 0 fully saturated rings. The topological polar surface area (TPSA) is 108 Å². The van der Waals surface area contributed by atoms with Gasteiger partial charge in [0.1, 0.15) is 6.04 Å². The summed E-state index contributed by atoms with van der Waals surface area (Å²) < 4.78 is 0. The third-order valence-electron chi connectivity index (χ3n) is 5.49. The molecule has 3 amide bonds. The van der Waals surface area contributed by atoms with Crippen LogP contribution < -0.4 is 16.0 Å². The Balaban J connectivity index is 1.46. The van der Waals surface area contributed by atoms with Crippen LogP contribution in [-0.4, -0.2) is 29.4 Å². The molecule has 4 rings (SSSR count). The van der Waals surface area contributed by atoms with Crippen LogP contribution in [0.1, 0.15) is 33.9 Å². The normalized spacial score (nSPS) is 17.7. The molecular weight excluding hydrogens is 406 g/mol. The molecule has 0 radical (unpaired) electrons. The number of aliphatic hydroxyl groups is 1. The fourth-order valence-corrected chi connectivity index (χ4v) is 3.77. The minimum atomic E-state index is -1.72. The Labute approximate surface area is 185 Å². The second kappa shape index (κ2) is 9.03. The van der Waals surface area contributed by atoms with Gasteiger partial charge in [0.25, 0.3) is 11.8 Å². The van der Waals surface area contributed by atoms with E-state index < -0.39 is 23.5 Å². The molecule has 4 N–H and O–H groups in total. The molecule has 1 aliphatic heterocycles. The molecular formula is C25H23N3O4. The van der Waals surface area contributed by atoms with Crippen molar-refractivity contribution in [3.05, 3.63) is 102 Å². The number of para-hydroxylation sites is 1. The summed E-state index contributed by atoms with van der Waals surface area (Å²) in [5, 5.41) is 19.1. The van der Waals surface area contributed by atoms with E-state index in [0.717, 1.165) is 0 Å². The predicted molar refractivity (Wildman–Crippen MR) is 120 cm³/mol. The first-order valence-corrected chi connectivity index (χ1v) is 10.3. The molecule has 0 bridgehead atoms. The summed E-state index contributed by atoms with van der Waals surface area (Å²) in [5.41, 5.74) is 0.380. The molecule has 1 aliphatic rings. The molecule has 3 aromatic carbocycles. The third-order valence-corrected chi connectivity index (χ3v) is 5.49. The molecule has 0 spiro atoms. The van der Waals surface area contributed by atoms with E-state index in [1.807, 2.05) is 6.07 Å². The Morgan fingerprint density at radius 2 is 1.53 bits per heavy atom. The Hall–Kier alpha value is -3.97. The quantitative estimate of drug-likeness (QED) is 0.463. The van der Waals surface area contributed by atoms with E-state index in [1.54, 1.807) is 78.9 Å². The lowest BCUT2D eigenvalue weighted by Crippen LogP contribution is -2.43. The standard InChI is InChI=1S/C25H23N3O4/c29-22(18-11-5-2-6-12-18)28-21(17-9-3-1-4-10-17)23(30)26-16-15-25(32)19-13-7-8-14-20(19)27-24(25)31/h1-14,21,32H,15-16H2,(H,26,30)(H,27,31)(H,28,29). The van der Waals surface area contributed by atoms with Crippen molar-refractivity contribution >= 4 is 23.4 Å². The molecule has 3 aromatic rings. The molecule has 32 heavy (non-hydrogen) atoms. The Morgan fingerprint density at radius 3 is 2.25 bits per heavy atom. The lowest BCUT2D eigenvalue weighted by Gasteiger charge is -2.23. The first kappa shape index (κ1) is 21.3. The van der Waals surface area contributed by atoms with Gasteiger partial charge in [0.2, 0.25) is 5.91 Å². The number of nitrogens with one attached hydrogen (secondary N) is 3. The SMILES string of the molecule is O=C(NC(C(=O)NCCC1(O)C(=O)Nc2ccccc21)c1ccccc1)c1ccccc1. The summed E-state index contributed by atoms with van der Waals surface area (Å²) in [4.78, 5) is 38.0. The maximum Gasteiger partial charge on any atom is 0.261 e. The van der Waals surface area contributed by atoms with Crippen LogP contribution in [0.3, 0.4) is 0 Å². The maximum absolute atomic E-state index is 13.0. The number of amides is 3. The fraction of sp³-hybridized carbons (Fsp3) is 0.160. The van der Waals surface area contributed by atoms with Crippen molar-refractivity contribution in [2.24, 2.45) is 0 Å². The minimum Gasteiger partial charge on any atom is -0.375 e. The van der Waals surface area contributed by atoms with Gasteiger partial charge >= 0.3 is 0 Å². The molecule has 7 heteroatoms. The van der Waals surface area contributed by atoms with E-state index in [4.69, 9.17) is 0 Å². The van der Waals surface area contributed by atoms with Gasteiger partial charge < -0.3 is 21.1 Å². The maximum atomic E-state index is 13.0. The van der Waals surface area contributed by atoms with Crippen molar-refractivity contribution < 1.29 is 19.5 Å². The van der Waals surface area contributed by atoms with Gasteiger partial charge in [-0.2, -0.15) is 0 Å². The molecule has 0 aliphatic carbocycles. The zero-order valence-electron chi connectivity index (χ0n) is 17.2. The van der Waals surface area contributed by atoms with E-state index >= 15 is 0 Å². The van der Waals surface area contributed by atoms with Crippen molar-refractivity contribution in [3.8, 4) is 0 Å². The molecule has 1 heterocycles. The lowest BCUT2D eigenvalue weighted by molar-refractivity contribution is -0.135. The molecule has 7 nitrogen and oxygen atoms in total. The minimum absolute atomic E-state index is 0.00424. The van der Waals surface area contributed by atoms with E-state index in [1.165, 1.54) is 0 Å². The highest BCUT2D eigenvalue weighted by molar-refractivity contribution is 6.05. The number of carbonyl (C=O) groups excluding carboxylic acids is 3. The molecule has 0 aromatic heterocycles. The van der Waals surface area contributed by atoms with Gasteiger partial charge in [-0.05, 0) is 23.8 Å². The van der Waals surface area contributed by atoms with Crippen LogP contribution in [0.15, 0.2) is 84.9 Å². The van der Waals surface area contributed by atoms with Crippen LogP contribution in [0, 0.1) is 0 Å². The average molecular weight is 429 g/mol. The van der Waals surface area contributed by atoms with Gasteiger partial charge in [0.15, 0.2) is 5.60 Å². The van der Waals surface area contributed by atoms with Gasteiger partial charge in [0.05, 0.1) is 0 Å². The van der Waals surface area contributed by atoms with Crippen LogP contribution >= 0.6 is 0 Å². The Kier molecular flexibility index (Phi) is 6.00. The molecule has 0 saturated heterocycles. The van der Waals surface area contributed by atoms with Crippen molar-refractivity contribution in [1.82, 2.24) is 10.6 Å². The molecule has 162 valence electrons. The first-order chi connectivity index (χ1) is 15.5. The van der Waals surface area contributed by atoms with Gasteiger partial charge in [-0.15, -0.1) is 0 Å². The van der Waals surface area contributed by atoms with E-state index in [0.29, 0.717) is 22.4 Å². The van der Waals surface area contributed by atoms with E-state index in [-0.39, 0.29) is 18.9 Å². The smallest absolute Gasteiger partial charge is 0.261 e. The van der Waals surface area contributed by atoms with Crippen LogP contribution in [0.4, 0.5) is 5.69 Å². The molecule has 2 atom stereocenters. The fourth-order valence-electron chi connectivity index (χ4n) is 3.77. The van der Waals surface area contributed by atoms with Crippen molar-refractivity contribution in [3.63, 3.8) is 0 Å². The largest absolute Gasteiger partial charge is 0.375 e. The highest BCUT2D eigenvalue weighted by Gasteiger charge is 2.44. The van der Waals surface area contributed by atoms with Crippen LogP contribution in [0.25, 0.3) is 0 Å². The molecule has 0 saturated carbocycles. The number of rotatable bonds is 7. The lowest BCUT2D eigenvalue weighted by atomic mass is 9.92. The number of benzene rings is 3. The number of hydrogen-bond acceptors (Lipinski definition) is 4. The number of anilines is 1. The van der Waals surface area contributed by atoms with Crippen LogP contribution in [0.2, 0.25) is 0 Å². The van der Waals surface area contributed by atoms with Crippen LogP contribution in [0.5, 0.6) is 0 Å². The van der Waals surface area contributed by atoms with Crippen molar-refractivity contribution in [1.29, 1.82) is 0 Å². The highest BCUT2D eigenvalue weighted by atomic mass is 16.3. The summed E-state index contributed by atoms with van der Waals surface area (Å²) >= 11 is 0. The van der Waals surface area contributed by atoms with E-state index in [2.05, 4.69) is 16.0 Å². The summed E-state index contributed by atoms with van der Waals surface area (Å²) in [6.07, 6.45) is -0.00424. The average Bonchev–Trinajstić information content (AvgIpc) is 3.08. The number of fused-ring (bicyclic) bond motifs is 1. The summed E-state index contributed by atoms with van der Waals surface area (Å²) in [6.45, 7) is 0.0433. The summed E-state index contributed by atoms with van der Waals surface area (Å²) in [7, 11) is 0. The van der Waals surface area contributed by atoms with Gasteiger partial charge in [0, 0.05) is 29.8 Å². The van der Waals surface area contributed by atoms with Gasteiger partial charge in [-0.25, -0.2) is 0 Å². The number of carbonyl (C=O) groups is 3. The molecule has 2 unspecified atom stereocenters. The van der Waals surface area contributed by atoms with Gasteiger partial charge in [-0.1, -0.05) is 66.7 Å². The second-order valence-electron chi connectivity index (χ2n) is 7.58. The van der Waals surface area contributed by atoms with E-state index in [9.17, 15) is 19.5 Å². The van der Waals surface area contributed by atoms with Crippen molar-refractivity contribution in [2.45, 2.75) is 18.1 Å². The van der Waals surface area contributed by atoms with Crippen LogP contribution in [-0.2, 0) is 15.2 Å². The summed E-state index contributed by atoms with van der Waals surface area (Å²) in [5.74, 6) is -1.34. The monoisotopic (exact) mass is 429 g/mol. The zero-order chi connectivity index (χ0) is 22.6. The first-order valence-electron chi connectivity index (χ1n) is 10.3. The summed E-state index contributed by atoms with van der Waals surface area (Å²) in [6, 6.07) is 23.5. The van der Waals surface area contributed by atoms with Crippen molar-refractivity contribution in [2.75, 3.05) is 11.9 Å². The number of hydrogen-bond donors (Lipinski definition) is 4. The third kappa shape index (κ3) is 4.24. The highest BCUT2D eigenvalue weighted by Crippen LogP contribution is 2.37. The van der Waals surface area contributed by atoms with Gasteiger partial charge in [-0.3, -0.25) is 14.4 Å². The Bertz CT molecular complexity index is 1130. The zero-order valence-corrected chi connectivity index (χ0v) is 17.2. The predicted octanol–water partition coefficient (Wildman–Crippen LogP) is 2.50. The second-order valence-corrected chi connectivity index (χ2v) is 7.58.